The third-order valence-corrected chi connectivity index (χ3v) is 3.91. The third-order valence-electron chi connectivity index (χ3n) is 3.91. The lowest BCUT2D eigenvalue weighted by Crippen LogP contribution is -2.34. The molecule has 114 valence electrons. The molecule has 0 amide bonds. The van der Waals surface area contributed by atoms with Crippen molar-refractivity contribution in [3.8, 4) is 0 Å². The Morgan fingerprint density at radius 1 is 1.05 bits per heavy atom. The smallest absolute Gasteiger partial charge is 0.233 e. The highest BCUT2D eigenvalue weighted by Crippen LogP contribution is 2.18. The van der Waals surface area contributed by atoms with E-state index in [2.05, 4.69) is 53.2 Å². The maximum absolute atomic E-state index is 8.83. The average Bonchev–Trinajstić information content (AvgIpc) is 2.56. The van der Waals surface area contributed by atoms with Crippen molar-refractivity contribution in [2.24, 2.45) is 0 Å². The van der Waals surface area contributed by atoms with E-state index >= 15 is 0 Å². The summed E-state index contributed by atoms with van der Waals surface area (Å²) in [4.78, 5) is 4.76. The monoisotopic (exact) mass is 296 g/mol. The highest BCUT2D eigenvalue weighted by molar-refractivity contribution is 5.83. The zero-order valence-electron chi connectivity index (χ0n) is 12.9. The van der Waals surface area contributed by atoms with Crippen molar-refractivity contribution < 1.29 is 9.67 Å². The number of fused-ring (bicyclic) bond motifs is 2. The molecule has 0 aliphatic rings. The van der Waals surface area contributed by atoms with Crippen LogP contribution in [0.15, 0.2) is 42.5 Å². The number of benzene rings is 2. The van der Waals surface area contributed by atoms with Crippen LogP contribution in [0.3, 0.4) is 0 Å². The van der Waals surface area contributed by atoms with Crippen molar-refractivity contribution in [3.05, 3.63) is 42.5 Å². The van der Waals surface area contributed by atoms with Crippen LogP contribution in [0.25, 0.3) is 22.1 Å². The molecule has 0 fully saturated rings. The first-order valence-corrected chi connectivity index (χ1v) is 7.90. The maximum atomic E-state index is 8.83. The van der Waals surface area contributed by atoms with Crippen LogP contribution in [0.5, 0.6) is 0 Å². The summed E-state index contributed by atoms with van der Waals surface area (Å²) >= 11 is 0. The fourth-order valence-electron chi connectivity index (χ4n) is 2.80. The van der Waals surface area contributed by atoms with Gasteiger partial charge in [-0.3, -0.25) is 0 Å². The first-order chi connectivity index (χ1) is 10.8. The summed E-state index contributed by atoms with van der Waals surface area (Å²) in [6, 6.07) is 14.6. The molecule has 0 spiro atoms. The van der Waals surface area contributed by atoms with Crippen molar-refractivity contribution in [2.45, 2.75) is 26.3 Å². The number of nitrogens with one attached hydrogen (secondary N) is 1. The minimum Gasteiger partial charge on any atom is -0.396 e. The summed E-state index contributed by atoms with van der Waals surface area (Å²) < 4.78 is 2.30. The van der Waals surface area contributed by atoms with Gasteiger partial charge in [-0.25, -0.2) is 4.98 Å². The molecular weight excluding hydrogens is 274 g/mol. The largest absolute Gasteiger partial charge is 0.396 e. The number of aliphatic hydroxyl groups is 1. The number of hydrogen-bond donors (Lipinski definition) is 2. The highest BCUT2D eigenvalue weighted by atomic mass is 16.2. The van der Waals surface area contributed by atoms with E-state index in [1.165, 1.54) is 0 Å². The number of unbranched alkanes of at least 4 members (excludes halogenated alkanes) is 1. The van der Waals surface area contributed by atoms with Gasteiger partial charge in [-0.15, -0.1) is 0 Å². The second-order valence-electron chi connectivity index (χ2n) is 5.41. The van der Waals surface area contributed by atoms with Gasteiger partial charge in [-0.05, 0) is 38.0 Å². The second kappa shape index (κ2) is 6.71. The van der Waals surface area contributed by atoms with Crippen LogP contribution in [0.1, 0.15) is 19.8 Å². The molecule has 0 aliphatic heterocycles. The number of nitrogens with zero attached hydrogens (tertiary/aromatic N) is 2. The normalized spacial score (nSPS) is 11.2. The van der Waals surface area contributed by atoms with Gasteiger partial charge in [-0.2, -0.15) is 4.57 Å². The van der Waals surface area contributed by atoms with E-state index in [0.717, 1.165) is 53.7 Å². The van der Waals surface area contributed by atoms with Crippen molar-refractivity contribution in [1.29, 1.82) is 0 Å². The molecule has 0 radical (unpaired) electrons. The first-order valence-electron chi connectivity index (χ1n) is 7.90. The molecule has 0 aliphatic carbocycles. The van der Waals surface area contributed by atoms with E-state index in [0.29, 0.717) is 0 Å². The summed E-state index contributed by atoms with van der Waals surface area (Å²) in [5.41, 5.74) is 5.45. The van der Waals surface area contributed by atoms with E-state index in [-0.39, 0.29) is 6.61 Å². The Morgan fingerprint density at radius 3 is 2.68 bits per heavy atom. The zero-order chi connectivity index (χ0) is 15.4. The van der Waals surface area contributed by atoms with Crippen LogP contribution < -0.4 is 9.88 Å². The molecule has 3 aromatic rings. The standard InChI is InChI=1S/C18H21N3O/c1-2-21-17-8-4-3-7-15(17)20-16-10-9-14(13-18(16)21)19-11-5-6-12-22/h3-4,7-10,13,22H,2,5-6,11-12H2,1H3/p+1. The van der Waals surface area contributed by atoms with Crippen molar-refractivity contribution in [3.63, 3.8) is 0 Å². The molecule has 2 aromatic carbocycles. The fourth-order valence-corrected chi connectivity index (χ4v) is 2.80. The van der Waals surface area contributed by atoms with E-state index in [9.17, 15) is 0 Å². The first kappa shape index (κ1) is 14.7. The predicted molar refractivity (Wildman–Crippen MR) is 89.9 cm³/mol. The lowest BCUT2D eigenvalue weighted by molar-refractivity contribution is -0.641. The molecule has 0 saturated carbocycles. The number of aryl methyl sites for hydroxylation is 1. The number of hydrogen-bond acceptors (Lipinski definition) is 3. The Labute approximate surface area is 130 Å². The van der Waals surface area contributed by atoms with Crippen molar-refractivity contribution in [1.82, 2.24) is 4.98 Å². The Kier molecular flexibility index (Phi) is 4.49. The summed E-state index contributed by atoms with van der Waals surface area (Å²) in [5, 5.41) is 12.3. The number of para-hydroxylation sites is 2. The summed E-state index contributed by atoms with van der Waals surface area (Å²) in [7, 11) is 0. The Bertz CT molecular complexity index is 786. The predicted octanol–water partition coefficient (Wildman–Crippen LogP) is 2.88. The van der Waals surface area contributed by atoms with Crippen LogP contribution in [-0.2, 0) is 6.54 Å². The Hall–Kier alpha value is -2.20. The zero-order valence-corrected chi connectivity index (χ0v) is 12.9. The maximum Gasteiger partial charge on any atom is 0.233 e. The van der Waals surface area contributed by atoms with Gasteiger partial charge in [0, 0.05) is 31.0 Å². The number of anilines is 1. The van der Waals surface area contributed by atoms with Crippen LogP contribution in [0, 0.1) is 0 Å². The Morgan fingerprint density at radius 2 is 1.86 bits per heavy atom. The molecule has 0 bridgehead atoms. The molecule has 0 saturated heterocycles. The topological polar surface area (TPSA) is 49.0 Å². The van der Waals surface area contributed by atoms with Gasteiger partial charge < -0.3 is 10.4 Å². The molecule has 4 heteroatoms. The second-order valence-corrected chi connectivity index (χ2v) is 5.41. The average molecular weight is 296 g/mol. The van der Waals surface area contributed by atoms with Gasteiger partial charge in [0.15, 0.2) is 0 Å². The number of aliphatic hydroxyl groups excluding tert-OH is 1. The molecule has 1 heterocycles. The van der Waals surface area contributed by atoms with Gasteiger partial charge in [-0.1, -0.05) is 12.1 Å². The molecular formula is C18H22N3O+. The van der Waals surface area contributed by atoms with Crippen LogP contribution in [-0.4, -0.2) is 23.2 Å². The van der Waals surface area contributed by atoms with Gasteiger partial charge >= 0.3 is 0 Å². The van der Waals surface area contributed by atoms with Gasteiger partial charge in [0.1, 0.15) is 17.6 Å². The molecule has 0 atom stereocenters. The lowest BCUT2D eigenvalue weighted by atomic mass is 10.2. The fraction of sp³-hybridized carbons (Fsp3) is 0.333. The minimum atomic E-state index is 0.255. The van der Waals surface area contributed by atoms with E-state index in [1.807, 2.05) is 6.07 Å². The summed E-state index contributed by atoms with van der Waals surface area (Å²) in [6.07, 6.45) is 1.81. The molecule has 4 nitrogen and oxygen atoms in total. The molecule has 3 rings (SSSR count). The van der Waals surface area contributed by atoms with Gasteiger partial charge in [0.05, 0.1) is 0 Å². The lowest BCUT2D eigenvalue weighted by Gasteiger charge is -2.08. The van der Waals surface area contributed by atoms with Crippen molar-refractivity contribution in [2.75, 3.05) is 18.5 Å². The van der Waals surface area contributed by atoms with Crippen LogP contribution in [0.2, 0.25) is 0 Å². The van der Waals surface area contributed by atoms with Gasteiger partial charge in [0.25, 0.3) is 0 Å². The number of aromatic nitrogens is 2. The molecule has 2 N–H and O–H groups in total. The Balaban J connectivity index is 2.01. The van der Waals surface area contributed by atoms with Gasteiger partial charge in [0.2, 0.25) is 11.0 Å². The highest BCUT2D eigenvalue weighted by Gasteiger charge is 2.15. The van der Waals surface area contributed by atoms with E-state index < -0.39 is 0 Å². The van der Waals surface area contributed by atoms with E-state index in [1.54, 1.807) is 0 Å². The van der Waals surface area contributed by atoms with Crippen LogP contribution in [0.4, 0.5) is 5.69 Å². The number of rotatable bonds is 6. The molecule has 1 aromatic heterocycles. The molecule has 0 unspecified atom stereocenters. The van der Waals surface area contributed by atoms with E-state index in [4.69, 9.17) is 10.1 Å². The summed E-state index contributed by atoms with van der Waals surface area (Å²) in [6.45, 7) is 4.20. The summed E-state index contributed by atoms with van der Waals surface area (Å²) in [5.74, 6) is 0. The third kappa shape index (κ3) is 2.88. The van der Waals surface area contributed by atoms with Crippen LogP contribution >= 0.6 is 0 Å². The SMILES string of the molecule is CC[n+]1c2ccccc2nc2ccc(NCCCCO)cc21. The van der Waals surface area contributed by atoms with Crippen molar-refractivity contribution >= 4 is 27.8 Å². The molecule has 22 heavy (non-hydrogen) atoms. The minimum absolute atomic E-state index is 0.255. The quantitative estimate of drug-likeness (QED) is 0.418.